The minimum Gasteiger partial charge on any atom is -0.372 e. The van der Waals surface area contributed by atoms with Crippen LogP contribution >= 0.6 is 0 Å². The van der Waals surface area contributed by atoms with Crippen molar-refractivity contribution in [3.05, 3.63) is 101 Å². The predicted octanol–water partition coefficient (Wildman–Crippen LogP) is 4.02. The molecule has 10 heteroatoms. The number of ether oxygens (including phenoxy) is 1. The summed E-state index contributed by atoms with van der Waals surface area (Å²) in [5.41, 5.74) is 1.66. The molecular weight excluding hydrogens is 469 g/mol. The van der Waals surface area contributed by atoms with E-state index in [9.17, 15) is 26.4 Å². The number of benzene rings is 3. The third-order valence-corrected chi connectivity index (χ3v) is 6.15. The number of halogens is 3. The van der Waals surface area contributed by atoms with E-state index in [1.54, 1.807) is 6.07 Å². The Balaban J connectivity index is 1.48. The first-order valence-electron chi connectivity index (χ1n) is 10.3. The van der Waals surface area contributed by atoms with Crippen LogP contribution in [0.2, 0.25) is 0 Å². The van der Waals surface area contributed by atoms with Gasteiger partial charge < -0.3 is 10.1 Å². The zero-order valence-corrected chi connectivity index (χ0v) is 18.8. The fraction of sp³-hybridized carbons (Fsp3) is 0.208. The minimum absolute atomic E-state index is 0.149. The van der Waals surface area contributed by atoms with Gasteiger partial charge in [-0.15, -0.1) is 0 Å². The number of carbonyl (C=O) groups excluding carboxylic acids is 1. The lowest BCUT2D eigenvalue weighted by Gasteiger charge is -2.11. The first-order valence-corrected chi connectivity index (χ1v) is 11.7. The van der Waals surface area contributed by atoms with Gasteiger partial charge in [0.05, 0.1) is 30.2 Å². The van der Waals surface area contributed by atoms with Crippen LogP contribution < -0.4 is 10.0 Å². The summed E-state index contributed by atoms with van der Waals surface area (Å²) in [4.78, 5) is 11.5. The number of amides is 1. The zero-order chi connectivity index (χ0) is 24.6. The third-order valence-electron chi connectivity index (χ3n) is 4.76. The van der Waals surface area contributed by atoms with Crippen molar-refractivity contribution in [2.24, 2.45) is 0 Å². The predicted molar refractivity (Wildman–Crippen MR) is 120 cm³/mol. The van der Waals surface area contributed by atoms with Crippen LogP contribution in [0.5, 0.6) is 0 Å². The van der Waals surface area contributed by atoms with Gasteiger partial charge in [0, 0.05) is 6.54 Å². The summed E-state index contributed by atoms with van der Waals surface area (Å²) in [6, 6.07) is 20.4. The van der Waals surface area contributed by atoms with Crippen molar-refractivity contribution in [1.82, 2.24) is 10.0 Å². The van der Waals surface area contributed by atoms with Crippen LogP contribution in [-0.2, 0) is 45.5 Å². The fourth-order valence-electron chi connectivity index (χ4n) is 3.04. The second kappa shape index (κ2) is 11.3. The Kier molecular flexibility index (Phi) is 8.43. The average molecular weight is 493 g/mol. The van der Waals surface area contributed by atoms with Crippen molar-refractivity contribution in [1.29, 1.82) is 0 Å². The lowest BCUT2D eigenvalue weighted by Crippen LogP contribution is -2.36. The molecule has 0 aliphatic rings. The zero-order valence-electron chi connectivity index (χ0n) is 18.0. The summed E-state index contributed by atoms with van der Waals surface area (Å²) in [5.74, 6) is -0.624. The first-order chi connectivity index (χ1) is 16.1. The summed E-state index contributed by atoms with van der Waals surface area (Å²) < 4.78 is 70.7. The smallest absolute Gasteiger partial charge is 0.372 e. The van der Waals surface area contributed by atoms with E-state index < -0.39 is 39.1 Å². The molecule has 3 rings (SSSR count). The topological polar surface area (TPSA) is 84.5 Å². The maximum atomic E-state index is 12.8. The molecule has 0 heterocycles. The Morgan fingerprint density at radius 2 is 1.47 bits per heavy atom. The fourth-order valence-corrected chi connectivity index (χ4v) is 4.06. The monoisotopic (exact) mass is 492 g/mol. The van der Waals surface area contributed by atoms with Gasteiger partial charge in [-0.25, -0.2) is 13.1 Å². The van der Waals surface area contributed by atoms with Crippen LogP contribution in [0, 0.1) is 0 Å². The van der Waals surface area contributed by atoms with Crippen molar-refractivity contribution in [2.45, 2.75) is 30.8 Å². The number of sulfonamides is 1. The number of alkyl halides is 3. The van der Waals surface area contributed by atoms with Crippen LogP contribution in [-0.4, -0.2) is 20.9 Å². The number of nitrogens with one attached hydrogen (secondary N) is 2. The standard InChI is InChI=1S/C24H23F3N2O4S/c25-24(26,27)21-10-5-11-22(13-21)34(31,32)29-15-23(30)28-14-19-8-4-9-20(12-19)17-33-16-18-6-2-1-3-7-18/h1-13,29H,14-17H2,(H,28,30). The highest BCUT2D eigenvalue weighted by Gasteiger charge is 2.31. The van der Waals surface area contributed by atoms with Crippen LogP contribution in [0.25, 0.3) is 0 Å². The number of carbonyl (C=O) groups is 1. The van der Waals surface area contributed by atoms with Crippen molar-refractivity contribution in [3.63, 3.8) is 0 Å². The molecule has 3 aromatic carbocycles. The molecule has 0 saturated carbocycles. The molecule has 0 atom stereocenters. The molecule has 0 unspecified atom stereocenters. The Morgan fingerprint density at radius 1 is 0.824 bits per heavy atom. The molecule has 0 aliphatic carbocycles. The molecule has 0 radical (unpaired) electrons. The number of rotatable bonds is 10. The highest BCUT2D eigenvalue weighted by atomic mass is 32.2. The van der Waals surface area contributed by atoms with Gasteiger partial charge in [-0.2, -0.15) is 13.2 Å². The van der Waals surface area contributed by atoms with E-state index in [2.05, 4.69) is 5.32 Å². The summed E-state index contributed by atoms with van der Waals surface area (Å²) in [7, 11) is -4.29. The molecule has 34 heavy (non-hydrogen) atoms. The normalized spacial score (nSPS) is 11.9. The van der Waals surface area contributed by atoms with Crippen molar-refractivity contribution < 1.29 is 31.1 Å². The molecular formula is C24H23F3N2O4S. The molecule has 0 fully saturated rings. The highest BCUT2D eigenvalue weighted by Crippen LogP contribution is 2.30. The van der Waals surface area contributed by atoms with Gasteiger partial charge in [0.25, 0.3) is 0 Å². The summed E-state index contributed by atoms with van der Waals surface area (Å²) in [6.07, 6.45) is -4.68. The van der Waals surface area contributed by atoms with Crippen LogP contribution in [0.15, 0.2) is 83.8 Å². The molecule has 0 aromatic heterocycles. The van der Waals surface area contributed by atoms with E-state index in [1.165, 1.54) is 0 Å². The number of hydrogen-bond acceptors (Lipinski definition) is 4. The van der Waals surface area contributed by atoms with Gasteiger partial charge in [0.1, 0.15) is 0 Å². The van der Waals surface area contributed by atoms with E-state index in [0.717, 1.165) is 34.9 Å². The molecule has 3 aromatic rings. The maximum absolute atomic E-state index is 12.8. The lowest BCUT2D eigenvalue weighted by molar-refractivity contribution is -0.137. The quantitative estimate of drug-likeness (QED) is 0.448. The molecule has 180 valence electrons. The molecule has 0 aliphatic heterocycles. The molecule has 0 bridgehead atoms. The minimum atomic E-state index is -4.68. The Morgan fingerprint density at radius 3 is 2.21 bits per heavy atom. The van der Waals surface area contributed by atoms with E-state index in [-0.39, 0.29) is 6.54 Å². The number of hydrogen-bond donors (Lipinski definition) is 2. The second-order valence-electron chi connectivity index (χ2n) is 7.43. The molecule has 6 nitrogen and oxygen atoms in total. The first kappa shape index (κ1) is 25.4. The molecule has 1 amide bonds. The van der Waals surface area contributed by atoms with Crippen molar-refractivity contribution in [3.8, 4) is 0 Å². The Bertz CT molecular complexity index is 1220. The molecule has 2 N–H and O–H groups in total. The third kappa shape index (κ3) is 7.68. The largest absolute Gasteiger partial charge is 0.416 e. The van der Waals surface area contributed by atoms with Crippen LogP contribution in [0.1, 0.15) is 22.3 Å². The van der Waals surface area contributed by atoms with E-state index in [1.807, 2.05) is 53.3 Å². The van der Waals surface area contributed by atoms with Crippen LogP contribution in [0.3, 0.4) is 0 Å². The lowest BCUT2D eigenvalue weighted by atomic mass is 10.1. The van der Waals surface area contributed by atoms with Gasteiger partial charge in [0.15, 0.2) is 0 Å². The second-order valence-corrected chi connectivity index (χ2v) is 9.19. The molecule has 0 spiro atoms. The average Bonchev–Trinajstić information content (AvgIpc) is 2.82. The Hall–Kier alpha value is -3.21. The highest BCUT2D eigenvalue weighted by molar-refractivity contribution is 7.89. The van der Waals surface area contributed by atoms with E-state index in [4.69, 9.17) is 4.74 Å². The van der Waals surface area contributed by atoms with Gasteiger partial charge >= 0.3 is 6.18 Å². The summed E-state index contributed by atoms with van der Waals surface area (Å²) in [6.45, 7) is 0.385. The molecule has 0 saturated heterocycles. The SMILES string of the molecule is O=C(CNS(=O)(=O)c1cccc(C(F)(F)F)c1)NCc1cccc(COCc2ccccc2)c1. The van der Waals surface area contributed by atoms with E-state index in [0.29, 0.717) is 19.3 Å². The van der Waals surface area contributed by atoms with Gasteiger partial charge in [-0.3, -0.25) is 4.79 Å². The summed E-state index contributed by atoms with van der Waals surface area (Å²) in [5, 5.41) is 2.58. The van der Waals surface area contributed by atoms with Crippen LogP contribution in [0.4, 0.5) is 13.2 Å². The van der Waals surface area contributed by atoms with Gasteiger partial charge in [-0.05, 0) is 34.9 Å². The van der Waals surface area contributed by atoms with Crippen molar-refractivity contribution >= 4 is 15.9 Å². The maximum Gasteiger partial charge on any atom is 0.416 e. The van der Waals surface area contributed by atoms with Gasteiger partial charge in [-0.1, -0.05) is 60.7 Å². The van der Waals surface area contributed by atoms with Crippen molar-refractivity contribution in [2.75, 3.05) is 6.54 Å². The Labute approximate surface area is 195 Å². The van der Waals surface area contributed by atoms with Gasteiger partial charge in [0.2, 0.25) is 15.9 Å². The van der Waals surface area contributed by atoms with E-state index >= 15 is 0 Å². The summed E-state index contributed by atoms with van der Waals surface area (Å²) >= 11 is 0.